The second-order valence-electron chi connectivity index (χ2n) is 5.94. The van der Waals surface area contributed by atoms with E-state index in [0.29, 0.717) is 32.5 Å². The Labute approximate surface area is 168 Å². The van der Waals surface area contributed by atoms with E-state index in [2.05, 4.69) is 37.7 Å². The first-order valence-electron chi connectivity index (χ1n) is 7.24. The molecule has 0 aliphatic carbocycles. The minimum absolute atomic E-state index is 0. The summed E-state index contributed by atoms with van der Waals surface area (Å²) in [6.45, 7) is 8.54. The molecular formula is C16H19Cl3N2PtSi. The van der Waals surface area contributed by atoms with Crippen LogP contribution in [0.2, 0.25) is 21.1 Å². The standard InChI is InChI=1S/C16H19Cl3N2Si.Pt/c1-10(2)22(19,11(3)4)13-9-21-16(15(18)14(13)17)12-7-5-6-8-20-12;/h5-11H,1-4H3;. The molecule has 0 aliphatic heterocycles. The van der Waals surface area contributed by atoms with Crippen LogP contribution >= 0.6 is 34.3 Å². The monoisotopic (exact) mass is 567 g/mol. The van der Waals surface area contributed by atoms with Gasteiger partial charge in [-0.15, -0.1) is 0 Å². The molecule has 0 radical (unpaired) electrons. The number of pyridine rings is 2. The summed E-state index contributed by atoms with van der Waals surface area (Å²) in [6, 6.07) is 5.60. The zero-order chi connectivity index (χ0) is 16.5. The molecule has 128 valence electrons. The van der Waals surface area contributed by atoms with Crippen LogP contribution in [-0.4, -0.2) is 17.4 Å². The SMILES string of the molecule is CC(C)[Si](Cl)(c1cnc(-c2ccccn2)c(Cl)c1Cl)C(C)C.[Pt]. The molecule has 2 aromatic rings. The van der Waals surface area contributed by atoms with Gasteiger partial charge in [0.2, 0.25) is 0 Å². The van der Waals surface area contributed by atoms with Gasteiger partial charge in [0.25, 0.3) is 0 Å². The zero-order valence-electron chi connectivity index (χ0n) is 13.4. The fourth-order valence-electron chi connectivity index (χ4n) is 2.70. The molecule has 0 aliphatic rings. The van der Waals surface area contributed by atoms with Gasteiger partial charge >= 0.3 is 0 Å². The second-order valence-corrected chi connectivity index (χ2v) is 13.0. The Morgan fingerprint density at radius 2 is 1.57 bits per heavy atom. The second kappa shape index (κ2) is 8.44. The van der Waals surface area contributed by atoms with Crippen molar-refractivity contribution in [2.75, 3.05) is 0 Å². The van der Waals surface area contributed by atoms with Gasteiger partial charge in [-0.25, -0.2) is 0 Å². The summed E-state index contributed by atoms with van der Waals surface area (Å²) in [6.07, 6.45) is 3.50. The van der Waals surface area contributed by atoms with Crippen LogP contribution in [0.15, 0.2) is 30.6 Å². The molecular weight excluding hydrogens is 550 g/mol. The van der Waals surface area contributed by atoms with Gasteiger partial charge in [-0.3, -0.25) is 9.97 Å². The van der Waals surface area contributed by atoms with Crippen LogP contribution in [-0.2, 0) is 21.1 Å². The molecule has 2 nitrogen and oxygen atoms in total. The van der Waals surface area contributed by atoms with E-state index < -0.39 is 7.38 Å². The van der Waals surface area contributed by atoms with Crippen molar-refractivity contribution in [2.24, 2.45) is 0 Å². The van der Waals surface area contributed by atoms with Gasteiger partial charge in [0.15, 0.2) is 7.38 Å². The number of hydrogen-bond donors (Lipinski definition) is 0. The van der Waals surface area contributed by atoms with Crippen molar-refractivity contribution in [1.82, 2.24) is 9.97 Å². The molecule has 0 spiro atoms. The van der Waals surface area contributed by atoms with Crippen LogP contribution < -0.4 is 5.19 Å². The van der Waals surface area contributed by atoms with Crippen molar-refractivity contribution in [3.63, 3.8) is 0 Å². The molecule has 2 heterocycles. The first-order chi connectivity index (χ1) is 10.3. The molecule has 0 saturated carbocycles. The van der Waals surface area contributed by atoms with Gasteiger partial charge in [0.1, 0.15) is 5.69 Å². The Bertz CT molecular complexity index is 658. The molecule has 7 heteroatoms. The molecule has 0 N–H and O–H groups in total. The Kier molecular flexibility index (Phi) is 7.75. The van der Waals surface area contributed by atoms with Crippen LogP contribution in [0.4, 0.5) is 0 Å². The third-order valence-electron chi connectivity index (χ3n) is 3.96. The number of hydrogen-bond acceptors (Lipinski definition) is 2. The van der Waals surface area contributed by atoms with Gasteiger partial charge < -0.3 is 0 Å². The fourth-order valence-corrected chi connectivity index (χ4v) is 7.51. The average molecular weight is 569 g/mol. The summed E-state index contributed by atoms with van der Waals surface area (Å²) in [7, 11) is -2.31. The van der Waals surface area contributed by atoms with Crippen LogP contribution in [0.1, 0.15) is 27.7 Å². The summed E-state index contributed by atoms with van der Waals surface area (Å²) >= 11 is 20.1. The van der Waals surface area contributed by atoms with E-state index in [1.165, 1.54) is 0 Å². The number of aromatic nitrogens is 2. The molecule has 0 bridgehead atoms. The maximum Gasteiger partial charge on any atom is 0.195 e. The van der Waals surface area contributed by atoms with E-state index in [-0.39, 0.29) is 21.1 Å². The van der Waals surface area contributed by atoms with Crippen molar-refractivity contribution >= 4 is 46.9 Å². The number of halogens is 3. The van der Waals surface area contributed by atoms with Gasteiger partial charge in [0.05, 0.1) is 15.7 Å². The smallest absolute Gasteiger partial charge is 0.195 e. The normalized spacial score (nSPS) is 11.7. The largest absolute Gasteiger partial charge is 0.255 e. The van der Waals surface area contributed by atoms with Crippen molar-refractivity contribution < 1.29 is 21.1 Å². The summed E-state index contributed by atoms with van der Waals surface area (Å²) in [5.74, 6) is 0. The van der Waals surface area contributed by atoms with Gasteiger partial charge in [-0.2, -0.15) is 11.1 Å². The summed E-state index contributed by atoms with van der Waals surface area (Å²) in [5.41, 5.74) is 1.95. The molecule has 0 aromatic carbocycles. The van der Waals surface area contributed by atoms with Crippen LogP contribution in [0.3, 0.4) is 0 Å². The van der Waals surface area contributed by atoms with E-state index in [1.54, 1.807) is 12.4 Å². The minimum atomic E-state index is -2.31. The quantitative estimate of drug-likeness (QED) is 0.352. The molecule has 0 unspecified atom stereocenters. The maximum absolute atomic E-state index is 7.05. The zero-order valence-corrected chi connectivity index (χ0v) is 18.9. The molecule has 0 fully saturated rings. The molecule has 0 amide bonds. The summed E-state index contributed by atoms with van der Waals surface area (Å²) in [5, 5.41) is 1.85. The van der Waals surface area contributed by atoms with Gasteiger partial charge in [-0.1, -0.05) is 57.0 Å². The first kappa shape index (κ1) is 21.1. The Hall–Kier alpha value is 0.0752. The average Bonchev–Trinajstić information content (AvgIpc) is 2.49. The Morgan fingerprint density at radius 3 is 2.04 bits per heavy atom. The summed E-state index contributed by atoms with van der Waals surface area (Å²) < 4.78 is 0. The van der Waals surface area contributed by atoms with Gasteiger partial charge in [0, 0.05) is 33.5 Å². The Balaban J connectivity index is 0.00000264. The Morgan fingerprint density at radius 1 is 0.957 bits per heavy atom. The van der Waals surface area contributed by atoms with Crippen molar-refractivity contribution in [3.8, 4) is 11.4 Å². The number of nitrogens with zero attached hydrogens (tertiary/aromatic N) is 2. The molecule has 0 saturated heterocycles. The van der Waals surface area contributed by atoms with E-state index in [1.807, 2.05) is 18.2 Å². The third-order valence-corrected chi connectivity index (χ3v) is 12.8. The fraction of sp³-hybridized carbons (Fsp3) is 0.375. The van der Waals surface area contributed by atoms with Crippen molar-refractivity contribution in [2.45, 2.75) is 38.8 Å². The molecule has 0 atom stereocenters. The van der Waals surface area contributed by atoms with E-state index in [0.717, 1.165) is 5.19 Å². The van der Waals surface area contributed by atoms with Crippen molar-refractivity contribution in [1.29, 1.82) is 0 Å². The first-order valence-corrected chi connectivity index (χ1v) is 11.2. The van der Waals surface area contributed by atoms with Crippen molar-refractivity contribution in [3.05, 3.63) is 40.6 Å². The van der Waals surface area contributed by atoms with Crippen LogP contribution in [0.5, 0.6) is 0 Å². The molecule has 2 rings (SSSR count). The molecule has 23 heavy (non-hydrogen) atoms. The third kappa shape index (κ3) is 4.01. The van der Waals surface area contributed by atoms with E-state index >= 15 is 0 Å². The predicted molar refractivity (Wildman–Crippen MR) is 98.9 cm³/mol. The van der Waals surface area contributed by atoms with E-state index in [9.17, 15) is 0 Å². The number of rotatable bonds is 4. The molecule has 2 aromatic heterocycles. The summed E-state index contributed by atoms with van der Waals surface area (Å²) in [4.78, 5) is 8.80. The predicted octanol–water partition coefficient (Wildman–Crippen LogP) is 5.66. The topological polar surface area (TPSA) is 25.8 Å². The van der Waals surface area contributed by atoms with Gasteiger partial charge in [-0.05, 0) is 28.4 Å². The minimum Gasteiger partial charge on any atom is -0.255 e. The van der Waals surface area contributed by atoms with E-state index in [4.69, 9.17) is 34.3 Å². The van der Waals surface area contributed by atoms with Crippen LogP contribution in [0.25, 0.3) is 11.4 Å². The maximum atomic E-state index is 7.05. The van der Waals surface area contributed by atoms with Crippen LogP contribution in [0, 0.1) is 0 Å².